The van der Waals surface area contributed by atoms with Crippen LogP contribution in [0, 0.1) is 13.8 Å². The quantitative estimate of drug-likeness (QED) is 0.554. The van der Waals surface area contributed by atoms with Gasteiger partial charge in [0, 0.05) is 10.2 Å². The number of nitrogens with one attached hydrogen (secondary N) is 1. The number of hydrogen-bond acceptors (Lipinski definition) is 3. The maximum absolute atomic E-state index is 13.3. The summed E-state index contributed by atoms with van der Waals surface area (Å²) in [5, 5.41) is 2.83. The van der Waals surface area contributed by atoms with Gasteiger partial charge in [0.2, 0.25) is 5.91 Å². The van der Waals surface area contributed by atoms with Crippen LogP contribution in [0.25, 0.3) is 0 Å². The SMILES string of the molecule is Cc1ccc(C)c(NC(=O)CN(c2cccc(Br)c2)S(=O)(=O)c2ccccc2)c1. The monoisotopic (exact) mass is 472 g/mol. The number of benzene rings is 3. The standard InChI is InChI=1S/C22H21BrN2O3S/c1-16-11-12-17(2)21(13-16)24-22(26)15-25(19-8-6-7-18(23)14-19)29(27,28)20-9-4-3-5-10-20/h3-14H,15H2,1-2H3,(H,24,26). The van der Waals surface area contributed by atoms with Crippen LogP contribution >= 0.6 is 15.9 Å². The number of hydrogen-bond donors (Lipinski definition) is 1. The molecule has 1 N–H and O–H groups in total. The number of aryl methyl sites for hydroxylation is 2. The number of anilines is 2. The van der Waals surface area contributed by atoms with E-state index in [-0.39, 0.29) is 11.4 Å². The Morgan fingerprint density at radius 2 is 1.69 bits per heavy atom. The first-order chi connectivity index (χ1) is 13.8. The smallest absolute Gasteiger partial charge is 0.264 e. The fourth-order valence-corrected chi connectivity index (χ4v) is 4.68. The van der Waals surface area contributed by atoms with E-state index in [9.17, 15) is 13.2 Å². The van der Waals surface area contributed by atoms with Gasteiger partial charge in [0.15, 0.2) is 0 Å². The van der Waals surface area contributed by atoms with E-state index in [4.69, 9.17) is 0 Å². The average molecular weight is 473 g/mol. The van der Waals surface area contributed by atoms with Crippen molar-refractivity contribution in [2.75, 3.05) is 16.2 Å². The van der Waals surface area contributed by atoms with Crippen LogP contribution in [-0.4, -0.2) is 20.9 Å². The lowest BCUT2D eigenvalue weighted by Gasteiger charge is -2.24. The van der Waals surface area contributed by atoms with Crippen LogP contribution < -0.4 is 9.62 Å². The van der Waals surface area contributed by atoms with Crippen LogP contribution in [0.2, 0.25) is 0 Å². The van der Waals surface area contributed by atoms with Crippen molar-refractivity contribution >= 4 is 43.2 Å². The van der Waals surface area contributed by atoms with Crippen molar-refractivity contribution in [2.24, 2.45) is 0 Å². The highest BCUT2D eigenvalue weighted by Gasteiger charge is 2.27. The third kappa shape index (κ3) is 5.05. The third-order valence-electron chi connectivity index (χ3n) is 4.38. The Morgan fingerprint density at radius 3 is 2.38 bits per heavy atom. The van der Waals surface area contributed by atoms with Crippen molar-refractivity contribution in [3.05, 3.63) is 88.4 Å². The lowest BCUT2D eigenvalue weighted by atomic mass is 10.1. The van der Waals surface area contributed by atoms with Crippen molar-refractivity contribution in [3.63, 3.8) is 0 Å². The fraction of sp³-hybridized carbons (Fsp3) is 0.136. The van der Waals surface area contributed by atoms with Gasteiger partial charge in [0.25, 0.3) is 10.0 Å². The fourth-order valence-electron chi connectivity index (χ4n) is 2.86. The largest absolute Gasteiger partial charge is 0.324 e. The minimum atomic E-state index is -3.92. The van der Waals surface area contributed by atoms with Crippen molar-refractivity contribution < 1.29 is 13.2 Å². The minimum Gasteiger partial charge on any atom is -0.324 e. The van der Waals surface area contributed by atoms with Crippen LogP contribution in [0.15, 0.2) is 82.2 Å². The van der Waals surface area contributed by atoms with Gasteiger partial charge in [-0.05, 0) is 61.4 Å². The van der Waals surface area contributed by atoms with Crippen LogP contribution in [-0.2, 0) is 14.8 Å². The number of carbonyl (C=O) groups is 1. The van der Waals surface area contributed by atoms with Gasteiger partial charge in [-0.3, -0.25) is 9.10 Å². The maximum Gasteiger partial charge on any atom is 0.264 e. The number of carbonyl (C=O) groups excluding carboxylic acids is 1. The first-order valence-electron chi connectivity index (χ1n) is 8.98. The Bertz CT molecular complexity index is 1130. The van der Waals surface area contributed by atoms with E-state index in [0.29, 0.717) is 11.4 Å². The zero-order chi connectivity index (χ0) is 21.0. The van der Waals surface area contributed by atoms with Gasteiger partial charge in [-0.25, -0.2) is 8.42 Å². The molecule has 0 aliphatic carbocycles. The van der Waals surface area contributed by atoms with Gasteiger partial charge in [0.1, 0.15) is 6.54 Å². The normalized spacial score (nSPS) is 11.1. The molecule has 3 rings (SSSR count). The molecule has 0 radical (unpaired) electrons. The average Bonchev–Trinajstić information content (AvgIpc) is 2.69. The molecule has 150 valence electrons. The predicted molar refractivity (Wildman–Crippen MR) is 120 cm³/mol. The van der Waals surface area contributed by atoms with Crippen molar-refractivity contribution in [3.8, 4) is 0 Å². The number of halogens is 1. The Labute approximate surface area is 179 Å². The van der Waals surface area contributed by atoms with Crippen molar-refractivity contribution in [1.82, 2.24) is 0 Å². The van der Waals surface area contributed by atoms with Gasteiger partial charge in [-0.1, -0.05) is 52.3 Å². The molecular weight excluding hydrogens is 452 g/mol. The number of nitrogens with zero attached hydrogens (tertiary/aromatic N) is 1. The Morgan fingerprint density at radius 1 is 0.966 bits per heavy atom. The predicted octanol–water partition coefficient (Wildman–Crippen LogP) is 4.90. The molecule has 1 amide bonds. The Kier molecular flexibility index (Phi) is 6.39. The summed E-state index contributed by atoms with van der Waals surface area (Å²) in [5.41, 5.74) is 2.98. The van der Waals surface area contributed by atoms with Gasteiger partial charge in [-0.15, -0.1) is 0 Å². The molecule has 0 atom stereocenters. The molecule has 0 bridgehead atoms. The van der Waals surface area contributed by atoms with E-state index in [1.54, 1.807) is 42.5 Å². The molecule has 0 spiro atoms. The summed E-state index contributed by atoms with van der Waals surface area (Å²) in [6.07, 6.45) is 0. The van der Waals surface area contributed by atoms with Crippen LogP contribution in [0.5, 0.6) is 0 Å². The first-order valence-corrected chi connectivity index (χ1v) is 11.2. The molecule has 5 nitrogen and oxygen atoms in total. The van der Waals surface area contributed by atoms with Crippen molar-refractivity contribution in [2.45, 2.75) is 18.7 Å². The summed E-state index contributed by atoms with van der Waals surface area (Å²) in [4.78, 5) is 12.9. The number of rotatable bonds is 6. The third-order valence-corrected chi connectivity index (χ3v) is 6.66. The van der Waals surface area contributed by atoms with Gasteiger partial charge < -0.3 is 5.32 Å². The van der Waals surface area contributed by atoms with E-state index in [2.05, 4.69) is 21.2 Å². The molecule has 0 aliphatic rings. The van der Waals surface area contributed by atoms with E-state index >= 15 is 0 Å². The summed E-state index contributed by atoms with van der Waals surface area (Å²) in [7, 11) is -3.92. The van der Waals surface area contributed by atoms with Crippen molar-refractivity contribution in [1.29, 1.82) is 0 Å². The summed E-state index contributed by atoms with van der Waals surface area (Å²) in [5.74, 6) is -0.418. The minimum absolute atomic E-state index is 0.125. The molecule has 0 aliphatic heterocycles. The Hall–Kier alpha value is -2.64. The number of sulfonamides is 1. The molecule has 7 heteroatoms. The van der Waals surface area contributed by atoms with Gasteiger partial charge >= 0.3 is 0 Å². The molecule has 0 unspecified atom stereocenters. The maximum atomic E-state index is 13.3. The van der Waals surface area contributed by atoms with E-state index in [1.807, 2.05) is 32.0 Å². The van der Waals surface area contributed by atoms with Crippen LogP contribution in [0.4, 0.5) is 11.4 Å². The van der Waals surface area contributed by atoms with E-state index in [0.717, 1.165) is 19.9 Å². The van der Waals surface area contributed by atoms with Crippen LogP contribution in [0.1, 0.15) is 11.1 Å². The zero-order valence-electron chi connectivity index (χ0n) is 16.1. The molecular formula is C22H21BrN2O3S. The molecule has 0 saturated carbocycles. The molecule has 29 heavy (non-hydrogen) atoms. The molecule has 0 fully saturated rings. The summed E-state index contributed by atoms with van der Waals surface area (Å²) < 4.78 is 28.4. The zero-order valence-corrected chi connectivity index (χ0v) is 18.5. The molecule has 3 aromatic rings. The lowest BCUT2D eigenvalue weighted by molar-refractivity contribution is -0.114. The van der Waals surface area contributed by atoms with E-state index < -0.39 is 15.9 Å². The summed E-state index contributed by atoms with van der Waals surface area (Å²) in [6.45, 7) is 3.48. The summed E-state index contributed by atoms with van der Waals surface area (Å²) >= 11 is 3.37. The lowest BCUT2D eigenvalue weighted by Crippen LogP contribution is -2.38. The highest BCUT2D eigenvalue weighted by molar-refractivity contribution is 9.10. The van der Waals surface area contributed by atoms with Crippen LogP contribution in [0.3, 0.4) is 0 Å². The summed E-state index contributed by atoms with van der Waals surface area (Å²) in [6, 6.07) is 20.7. The second-order valence-corrected chi connectivity index (χ2v) is 9.45. The molecule has 3 aromatic carbocycles. The van der Waals surface area contributed by atoms with Gasteiger partial charge in [0.05, 0.1) is 10.6 Å². The molecule has 0 saturated heterocycles. The second-order valence-electron chi connectivity index (χ2n) is 6.67. The highest BCUT2D eigenvalue weighted by Crippen LogP contribution is 2.26. The number of amides is 1. The molecule has 0 aromatic heterocycles. The topological polar surface area (TPSA) is 66.5 Å². The van der Waals surface area contributed by atoms with E-state index in [1.165, 1.54) is 12.1 Å². The van der Waals surface area contributed by atoms with Gasteiger partial charge in [-0.2, -0.15) is 0 Å². The first kappa shape index (κ1) is 21.1. The Balaban J connectivity index is 1.95. The highest BCUT2D eigenvalue weighted by atomic mass is 79.9. The molecule has 0 heterocycles. The second kappa shape index (κ2) is 8.80.